The first-order chi connectivity index (χ1) is 9.61. The van der Waals surface area contributed by atoms with Crippen LogP contribution >= 0.6 is 15.9 Å². The summed E-state index contributed by atoms with van der Waals surface area (Å²) in [6.07, 6.45) is 0.823. The molecule has 2 N–H and O–H groups in total. The van der Waals surface area contributed by atoms with Crippen LogP contribution in [0.25, 0.3) is 0 Å². The van der Waals surface area contributed by atoms with Gasteiger partial charge in [-0.25, -0.2) is 0 Å². The molecule has 0 spiro atoms. The van der Waals surface area contributed by atoms with Gasteiger partial charge in [0.25, 0.3) is 0 Å². The molecule has 0 aliphatic carbocycles. The second-order valence-corrected chi connectivity index (χ2v) is 6.00. The van der Waals surface area contributed by atoms with Gasteiger partial charge >= 0.3 is 0 Å². The summed E-state index contributed by atoms with van der Waals surface area (Å²) in [6.45, 7) is 4.96. The van der Waals surface area contributed by atoms with E-state index in [9.17, 15) is 0 Å². The summed E-state index contributed by atoms with van der Waals surface area (Å²) in [6, 6.07) is 14.2. The van der Waals surface area contributed by atoms with Gasteiger partial charge in [0.05, 0.1) is 0 Å². The molecular formula is C17H20BrNO. The second-order valence-electron chi connectivity index (χ2n) is 5.09. The minimum atomic E-state index is 0.407. The number of para-hydroxylation sites is 1. The second kappa shape index (κ2) is 6.91. The van der Waals surface area contributed by atoms with Crippen LogP contribution in [-0.4, -0.2) is 6.54 Å². The molecule has 0 radical (unpaired) electrons. The van der Waals surface area contributed by atoms with Gasteiger partial charge in [0.1, 0.15) is 11.5 Å². The Morgan fingerprint density at radius 3 is 2.55 bits per heavy atom. The highest BCUT2D eigenvalue weighted by atomic mass is 79.9. The highest BCUT2D eigenvalue weighted by molar-refractivity contribution is 9.10. The number of benzene rings is 2. The molecular weight excluding hydrogens is 314 g/mol. The summed E-state index contributed by atoms with van der Waals surface area (Å²) < 4.78 is 7.21. The molecule has 0 atom stereocenters. The van der Waals surface area contributed by atoms with Crippen molar-refractivity contribution >= 4 is 15.9 Å². The van der Waals surface area contributed by atoms with E-state index in [1.54, 1.807) is 0 Å². The van der Waals surface area contributed by atoms with E-state index in [1.165, 1.54) is 5.56 Å². The Bertz CT molecular complexity index is 581. The molecule has 3 heteroatoms. The van der Waals surface area contributed by atoms with Crippen LogP contribution in [0.3, 0.4) is 0 Å². The van der Waals surface area contributed by atoms with E-state index in [1.807, 2.05) is 30.3 Å². The molecule has 2 nitrogen and oxygen atoms in total. The SMILES string of the molecule is CC(C)c1cc(Br)ccc1Oc1ccccc1CCN. The van der Waals surface area contributed by atoms with Crippen molar-refractivity contribution in [2.24, 2.45) is 5.73 Å². The van der Waals surface area contributed by atoms with E-state index < -0.39 is 0 Å². The first-order valence-corrected chi connectivity index (χ1v) is 7.66. The number of rotatable bonds is 5. The molecule has 0 saturated carbocycles. The molecule has 0 aliphatic heterocycles. The van der Waals surface area contributed by atoms with Gasteiger partial charge in [0, 0.05) is 4.47 Å². The van der Waals surface area contributed by atoms with E-state index in [0.29, 0.717) is 12.5 Å². The molecule has 0 aliphatic rings. The van der Waals surface area contributed by atoms with Crippen molar-refractivity contribution in [2.45, 2.75) is 26.2 Å². The van der Waals surface area contributed by atoms with Gasteiger partial charge in [0.2, 0.25) is 0 Å². The van der Waals surface area contributed by atoms with Crippen molar-refractivity contribution in [3.8, 4) is 11.5 Å². The van der Waals surface area contributed by atoms with Crippen LogP contribution in [0.2, 0.25) is 0 Å². The third-order valence-corrected chi connectivity index (χ3v) is 3.69. The summed E-state index contributed by atoms with van der Waals surface area (Å²) in [5, 5.41) is 0. The third-order valence-electron chi connectivity index (χ3n) is 3.20. The van der Waals surface area contributed by atoms with Crippen LogP contribution in [0.5, 0.6) is 11.5 Å². The first-order valence-electron chi connectivity index (χ1n) is 6.87. The van der Waals surface area contributed by atoms with Crippen molar-refractivity contribution in [1.29, 1.82) is 0 Å². The molecule has 0 saturated heterocycles. The fourth-order valence-electron chi connectivity index (χ4n) is 2.15. The molecule has 2 aromatic carbocycles. The summed E-state index contributed by atoms with van der Waals surface area (Å²) in [7, 11) is 0. The van der Waals surface area contributed by atoms with E-state index in [-0.39, 0.29) is 0 Å². The van der Waals surface area contributed by atoms with E-state index >= 15 is 0 Å². The van der Waals surface area contributed by atoms with Crippen molar-refractivity contribution in [3.63, 3.8) is 0 Å². The van der Waals surface area contributed by atoms with Crippen LogP contribution < -0.4 is 10.5 Å². The number of halogens is 1. The Labute approximate surface area is 129 Å². The highest BCUT2D eigenvalue weighted by Gasteiger charge is 2.11. The van der Waals surface area contributed by atoms with Crippen molar-refractivity contribution in [1.82, 2.24) is 0 Å². The average molecular weight is 334 g/mol. The lowest BCUT2D eigenvalue weighted by Gasteiger charge is -2.16. The quantitative estimate of drug-likeness (QED) is 0.847. The van der Waals surface area contributed by atoms with E-state index in [2.05, 4.69) is 41.9 Å². The largest absolute Gasteiger partial charge is 0.457 e. The number of hydrogen-bond donors (Lipinski definition) is 1. The summed E-state index contributed by atoms with van der Waals surface area (Å²) in [4.78, 5) is 0. The van der Waals surface area contributed by atoms with Gasteiger partial charge in [-0.15, -0.1) is 0 Å². The number of ether oxygens (including phenoxy) is 1. The van der Waals surface area contributed by atoms with Crippen LogP contribution in [0.15, 0.2) is 46.9 Å². The fourth-order valence-corrected chi connectivity index (χ4v) is 2.53. The van der Waals surface area contributed by atoms with Crippen LogP contribution in [0.1, 0.15) is 30.9 Å². The zero-order valence-corrected chi connectivity index (χ0v) is 13.5. The lowest BCUT2D eigenvalue weighted by atomic mass is 10.0. The van der Waals surface area contributed by atoms with Gasteiger partial charge in [-0.3, -0.25) is 0 Å². The number of hydrogen-bond acceptors (Lipinski definition) is 2. The zero-order chi connectivity index (χ0) is 14.5. The standard InChI is InChI=1S/C17H20BrNO/c1-12(2)15-11-14(18)7-8-17(15)20-16-6-4-3-5-13(16)9-10-19/h3-8,11-12H,9-10,19H2,1-2H3. The van der Waals surface area contributed by atoms with E-state index in [4.69, 9.17) is 10.5 Å². The normalized spacial score (nSPS) is 10.8. The van der Waals surface area contributed by atoms with Gasteiger partial charge < -0.3 is 10.5 Å². The average Bonchev–Trinajstić information content (AvgIpc) is 2.43. The van der Waals surface area contributed by atoms with Crippen LogP contribution in [0, 0.1) is 0 Å². The topological polar surface area (TPSA) is 35.2 Å². The lowest BCUT2D eigenvalue weighted by Crippen LogP contribution is -2.04. The Morgan fingerprint density at radius 1 is 1.10 bits per heavy atom. The molecule has 20 heavy (non-hydrogen) atoms. The maximum atomic E-state index is 6.13. The molecule has 2 aromatic rings. The smallest absolute Gasteiger partial charge is 0.130 e. The molecule has 0 aromatic heterocycles. The predicted octanol–water partition coefficient (Wildman–Crippen LogP) is 4.87. The van der Waals surface area contributed by atoms with Crippen molar-refractivity contribution in [2.75, 3.05) is 6.54 Å². The van der Waals surface area contributed by atoms with Crippen molar-refractivity contribution in [3.05, 3.63) is 58.1 Å². The van der Waals surface area contributed by atoms with Gasteiger partial charge in [-0.1, -0.05) is 48.0 Å². The van der Waals surface area contributed by atoms with Crippen LogP contribution in [-0.2, 0) is 6.42 Å². The number of nitrogens with two attached hydrogens (primary N) is 1. The molecule has 0 amide bonds. The summed E-state index contributed by atoms with van der Waals surface area (Å²) >= 11 is 3.52. The Morgan fingerprint density at radius 2 is 1.85 bits per heavy atom. The fraction of sp³-hybridized carbons (Fsp3) is 0.294. The minimum Gasteiger partial charge on any atom is -0.457 e. The molecule has 0 fully saturated rings. The van der Waals surface area contributed by atoms with Gasteiger partial charge in [-0.05, 0) is 54.3 Å². The molecule has 106 valence electrons. The van der Waals surface area contributed by atoms with Gasteiger partial charge in [-0.2, -0.15) is 0 Å². The minimum absolute atomic E-state index is 0.407. The molecule has 2 rings (SSSR count). The predicted molar refractivity (Wildman–Crippen MR) is 87.5 cm³/mol. The maximum Gasteiger partial charge on any atom is 0.130 e. The van der Waals surface area contributed by atoms with Crippen molar-refractivity contribution < 1.29 is 4.74 Å². The lowest BCUT2D eigenvalue weighted by molar-refractivity contribution is 0.467. The molecule has 0 heterocycles. The summed E-state index contributed by atoms with van der Waals surface area (Å²) in [5.41, 5.74) is 8.00. The van der Waals surface area contributed by atoms with Crippen LogP contribution in [0.4, 0.5) is 0 Å². The Hall–Kier alpha value is -1.32. The monoisotopic (exact) mass is 333 g/mol. The Balaban J connectivity index is 2.35. The van der Waals surface area contributed by atoms with E-state index in [0.717, 1.165) is 28.0 Å². The molecule has 0 unspecified atom stereocenters. The Kier molecular flexibility index (Phi) is 5.21. The zero-order valence-electron chi connectivity index (χ0n) is 11.9. The van der Waals surface area contributed by atoms with Gasteiger partial charge in [0.15, 0.2) is 0 Å². The maximum absolute atomic E-state index is 6.13. The third kappa shape index (κ3) is 3.62. The highest BCUT2D eigenvalue weighted by Crippen LogP contribution is 2.34. The summed E-state index contributed by atoms with van der Waals surface area (Å²) in [5.74, 6) is 2.21. The molecule has 0 bridgehead atoms. The first kappa shape index (κ1) is 15.1.